The van der Waals surface area contributed by atoms with Gasteiger partial charge >= 0.3 is 0 Å². The second-order valence-electron chi connectivity index (χ2n) is 4.58. The smallest absolute Gasteiger partial charge is 0.233 e. The Kier molecular flexibility index (Phi) is 4.27. The minimum Gasteiger partial charge on any atom is -0.480 e. The quantitative estimate of drug-likeness (QED) is 0.780. The number of methoxy groups -OCH3 is 1. The highest BCUT2D eigenvalue weighted by molar-refractivity contribution is 6.42. The molecule has 0 spiro atoms. The molecule has 0 atom stereocenters. The monoisotopic (exact) mass is 347 g/mol. The zero-order valence-corrected chi connectivity index (χ0v) is 13.5. The molecule has 116 valence electrons. The van der Waals surface area contributed by atoms with E-state index in [0.29, 0.717) is 32.9 Å². The molecule has 0 aliphatic rings. The van der Waals surface area contributed by atoms with Crippen LogP contribution in [0.2, 0.25) is 10.0 Å². The molecule has 0 saturated heterocycles. The Balaban J connectivity index is 2.15. The van der Waals surface area contributed by atoms with Gasteiger partial charge in [0, 0.05) is 23.4 Å². The van der Waals surface area contributed by atoms with Crippen molar-refractivity contribution in [1.82, 2.24) is 20.2 Å². The molecule has 0 unspecified atom stereocenters. The number of anilines is 1. The number of nitrogen functional groups attached to an aromatic ring is 1. The van der Waals surface area contributed by atoms with Crippen molar-refractivity contribution in [3.63, 3.8) is 0 Å². The van der Waals surface area contributed by atoms with E-state index in [1.165, 1.54) is 7.11 Å². The fourth-order valence-corrected chi connectivity index (χ4v) is 2.32. The number of rotatable bonds is 3. The van der Waals surface area contributed by atoms with E-state index in [9.17, 15) is 0 Å². The van der Waals surface area contributed by atoms with Gasteiger partial charge < -0.3 is 10.5 Å². The van der Waals surface area contributed by atoms with Crippen LogP contribution in [0, 0.1) is 0 Å². The van der Waals surface area contributed by atoms with Crippen molar-refractivity contribution in [2.75, 3.05) is 12.8 Å². The predicted molar refractivity (Wildman–Crippen MR) is 89.5 cm³/mol. The summed E-state index contributed by atoms with van der Waals surface area (Å²) in [4.78, 5) is 8.33. The summed E-state index contributed by atoms with van der Waals surface area (Å²) in [5, 5.41) is 8.96. The predicted octanol–water partition coefficient (Wildman–Crippen LogP) is 3.50. The molecule has 0 amide bonds. The highest BCUT2D eigenvalue weighted by Crippen LogP contribution is 2.33. The first kappa shape index (κ1) is 15.5. The lowest BCUT2D eigenvalue weighted by atomic mass is 10.0. The van der Waals surface area contributed by atoms with E-state index < -0.39 is 0 Å². The lowest BCUT2D eigenvalue weighted by Gasteiger charge is -2.09. The third kappa shape index (κ3) is 3.18. The van der Waals surface area contributed by atoms with Crippen molar-refractivity contribution in [3.8, 4) is 28.4 Å². The highest BCUT2D eigenvalue weighted by Gasteiger charge is 2.14. The molecule has 2 N–H and O–H groups in total. The summed E-state index contributed by atoms with van der Waals surface area (Å²) in [6.07, 6.45) is 1.59. The molecule has 23 heavy (non-hydrogen) atoms. The van der Waals surface area contributed by atoms with Gasteiger partial charge in [0.1, 0.15) is 0 Å². The Morgan fingerprint density at radius 2 is 1.87 bits per heavy atom. The van der Waals surface area contributed by atoms with E-state index in [1.54, 1.807) is 36.5 Å². The summed E-state index contributed by atoms with van der Waals surface area (Å²) in [7, 11) is 1.52. The summed E-state index contributed by atoms with van der Waals surface area (Å²) in [6.45, 7) is 0. The maximum Gasteiger partial charge on any atom is 0.233 e. The second-order valence-corrected chi connectivity index (χ2v) is 5.39. The molecule has 0 radical (unpaired) electrons. The second kappa shape index (κ2) is 6.36. The first-order valence-corrected chi connectivity index (χ1v) is 7.30. The number of nitrogens with two attached hydrogens (primary N) is 1. The van der Waals surface area contributed by atoms with Crippen molar-refractivity contribution in [1.29, 1.82) is 0 Å². The molecule has 0 saturated carbocycles. The molecule has 0 fully saturated rings. The van der Waals surface area contributed by atoms with Gasteiger partial charge in [-0.2, -0.15) is 0 Å². The number of hydrogen-bond acceptors (Lipinski definition) is 6. The number of ether oxygens (including phenoxy) is 1. The first-order chi connectivity index (χ1) is 11.1. The molecule has 0 aliphatic heterocycles. The molecule has 1 aromatic carbocycles. The van der Waals surface area contributed by atoms with Crippen LogP contribution in [-0.2, 0) is 0 Å². The minimum atomic E-state index is 0.149. The van der Waals surface area contributed by atoms with Gasteiger partial charge in [0.25, 0.3) is 0 Å². The average molecular weight is 348 g/mol. The van der Waals surface area contributed by atoms with Gasteiger partial charge in [-0.05, 0) is 18.2 Å². The van der Waals surface area contributed by atoms with Gasteiger partial charge in [-0.15, -0.1) is 10.2 Å². The molecule has 3 aromatic rings. The van der Waals surface area contributed by atoms with Crippen LogP contribution < -0.4 is 10.5 Å². The van der Waals surface area contributed by atoms with E-state index in [-0.39, 0.29) is 5.95 Å². The third-order valence-electron chi connectivity index (χ3n) is 3.13. The van der Waals surface area contributed by atoms with Crippen molar-refractivity contribution in [3.05, 3.63) is 46.6 Å². The number of nitrogens with zero attached hydrogens (tertiary/aromatic N) is 4. The SMILES string of the molecule is COc1ccc(-c2cnc(N)nc2-c2ccc(Cl)c(Cl)c2)nn1. The zero-order valence-electron chi connectivity index (χ0n) is 12.0. The summed E-state index contributed by atoms with van der Waals surface area (Å²) in [6, 6.07) is 8.68. The van der Waals surface area contributed by atoms with Crippen LogP contribution in [0.4, 0.5) is 5.95 Å². The Labute approximate surface area is 142 Å². The van der Waals surface area contributed by atoms with Crippen molar-refractivity contribution >= 4 is 29.2 Å². The van der Waals surface area contributed by atoms with Crippen molar-refractivity contribution in [2.24, 2.45) is 0 Å². The third-order valence-corrected chi connectivity index (χ3v) is 3.86. The van der Waals surface area contributed by atoms with Gasteiger partial charge in [-0.1, -0.05) is 29.3 Å². The maximum atomic E-state index is 6.09. The molecule has 3 rings (SSSR count). The standard InChI is InChI=1S/C15H11Cl2N5O/c1-23-13-5-4-12(21-22-13)9-7-19-15(18)20-14(9)8-2-3-10(16)11(17)6-8/h2-7H,1H3,(H2,18,19,20). The zero-order chi connectivity index (χ0) is 16.4. The van der Waals surface area contributed by atoms with Crippen LogP contribution in [-0.4, -0.2) is 27.3 Å². The van der Waals surface area contributed by atoms with E-state index in [4.69, 9.17) is 33.7 Å². The van der Waals surface area contributed by atoms with Crippen LogP contribution in [0.25, 0.3) is 22.5 Å². The molecule has 6 nitrogen and oxygen atoms in total. The Bertz CT molecular complexity index is 855. The molecule has 0 bridgehead atoms. The molecule has 0 aliphatic carbocycles. The van der Waals surface area contributed by atoms with Crippen LogP contribution >= 0.6 is 23.2 Å². The van der Waals surface area contributed by atoms with Crippen LogP contribution in [0.5, 0.6) is 5.88 Å². The lowest BCUT2D eigenvalue weighted by molar-refractivity contribution is 0.392. The van der Waals surface area contributed by atoms with Crippen LogP contribution in [0.3, 0.4) is 0 Å². The Hall–Kier alpha value is -2.44. The van der Waals surface area contributed by atoms with Gasteiger partial charge in [0.05, 0.1) is 28.5 Å². The average Bonchev–Trinajstić information content (AvgIpc) is 2.57. The minimum absolute atomic E-state index is 0.149. The molecular formula is C15H11Cl2N5O. The van der Waals surface area contributed by atoms with E-state index in [0.717, 1.165) is 5.56 Å². The van der Waals surface area contributed by atoms with E-state index in [2.05, 4.69) is 20.2 Å². The highest BCUT2D eigenvalue weighted by atomic mass is 35.5. The first-order valence-electron chi connectivity index (χ1n) is 6.54. The number of aromatic nitrogens is 4. The summed E-state index contributed by atoms with van der Waals surface area (Å²) >= 11 is 12.1. The van der Waals surface area contributed by atoms with Crippen LogP contribution in [0.15, 0.2) is 36.5 Å². The topological polar surface area (TPSA) is 86.8 Å². The molecular weight excluding hydrogens is 337 g/mol. The number of halogens is 2. The Morgan fingerprint density at radius 1 is 1.04 bits per heavy atom. The van der Waals surface area contributed by atoms with E-state index >= 15 is 0 Å². The number of hydrogen-bond donors (Lipinski definition) is 1. The number of benzene rings is 1. The molecule has 2 aromatic heterocycles. The molecule has 2 heterocycles. The maximum absolute atomic E-state index is 6.09. The normalized spacial score (nSPS) is 10.6. The Morgan fingerprint density at radius 3 is 2.52 bits per heavy atom. The van der Waals surface area contributed by atoms with Gasteiger partial charge in [-0.25, -0.2) is 9.97 Å². The van der Waals surface area contributed by atoms with Crippen molar-refractivity contribution < 1.29 is 4.74 Å². The van der Waals surface area contributed by atoms with Crippen LogP contribution in [0.1, 0.15) is 0 Å². The largest absolute Gasteiger partial charge is 0.480 e. The fraction of sp³-hybridized carbons (Fsp3) is 0.0667. The van der Waals surface area contributed by atoms with Gasteiger partial charge in [-0.3, -0.25) is 0 Å². The summed E-state index contributed by atoms with van der Waals surface area (Å²) in [5.74, 6) is 0.567. The van der Waals surface area contributed by atoms with Gasteiger partial charge in [0.15, 0.2) is 0 Å². The fourth-order valence-electron chi connectivity index (χ4n) is 2.02. The molecule has 8 heteroatoms. The van der Waals surface area contributed by atoms with Crippen molar-refractivity contribution in [2.45, 2.75) is 0 Å². The summed E-state index contributed by atoms with van der Waals surface area (Å²) < 4.78 is 5.01. The van der Waals surface area contributed by atoms with E-state index in [1.807, 2.05) is 0 Å². The van der Waals surface area contributed by atoms with Gasteiger partial charge in [0.2, 0.25) is 11.8 Å². The summed E-state index contributed by atoms with van der Waals surface area (Å²) in [5.41, 5.74) is 8.33. The lowest BCUT2D eigenvalue weighted by Crippen LogP contribution is -2.00.